The van der Waals surface area contributed by atoms with Crippen molar-refractivity contribution in [3.8, 4) is 23.0 Å². The fourth-order valence-electron chi connectivity index (χ4n) is 7.69. The van der Waals surface area contributed by atoms with Crippen LogP contribution in [0.15, 0.2) is 30.5 Å². The summed E-state index contributed by atoms with van der Waals surface area (Å²) in [5.74, 6) is -2.67. The second kappa shape index (κ2) is 9.67. The average Bonchev–Trinajstić information content (AvgIpc) is 3.59. The number of piperazine rings is 1. The lowest BCUT2D eigenvalue weighted by molar-refractivity contribution is 0.107. The van der Waals surface area contributed by atoms with Crippen LogP contribution in [-0.2, 0) is 0 Å². The van der Waals surface area contributed by atoms with Gasteiger partial charge in [-0.15, -0.1) is 0 Å². The Morgan fingerprint density at radius 1 is 1.05 bits per heavy atom. The van der Waals surface area contributed by atoms with E-state index in [2.05, 4.69) is 25.1 Å². The number of ether oxygens (including phenoxy) is 1. The third kappa shape index (κ3) is 4.00. The summed E-state index contributed by atoms with van der Waals surface area (Å²) in [4.78, 5) is 18.5. The summed E-state index contributed by atoms with van der Waals surface area (Å²) in [6.45, 7) is 4.05. The van der Waals surface area contributed by atoms with Crippen LogP contribution in [0.1, 0.15) is 38.5 Å². The molecule has 2 bridgehead atoms. The Bertz CT molecular complexity index is 1720. The first kappa shape index (κ1) is 26.0. The molecule has 8 nitrogen and oxygen atoms in total. The Hall–Kier alpha value is -3.70. The molecule has 5 aliphatic heterocycles. The standard InChI is InChI=1S/C31H31F3N6O2/c32-23-6-3-17-11-20(41)12-21(24(17)25(23)33)27-26(34)28-22(14-36-27)29(40-15-18-4-5-19(40)13-35-18)38-30(37-28)42-16-31-7-1-9-39(31)10-2-8-31/h3,6,11-12,14,18-19,35,41H,1-2,4-5,7-10,13,15-16H2. The Morgan fingerprint density at radius 3 is 2.62 bits per heavy atom. The Balaban J connectivity index is 1.28. The number of aromatic nitrogens is 3. The van der Waals surface area contributed by atoms with Gasteiger partial charge < -0.3 is 20.1 Å². The van der Waals surface area contributed by atoms with Crippen LogP contribution in [-0.4, -0.2) is 75.4 Å². The second-order valence-electron chi connectivity index (χ2n) is 12.2. The van der Waals surface area contributed by atoms with E-state index in [0.717, 1.165) is 70.8 Å². The number of piperidine rings is 2. The molecule has 5 saturated heterocycles. The highest BCUT2D eigenvalue weighted by atomic mass is 19.2. The zero-order chi connectivity index (χ0) is 28.6. The molecule has 11 heteroatoms. The predicted molar refractivity (Wildman–Crippen MR) is 152 cm³/mol. The number of hydrogen-bond acceptors (Lipinski definition) is 8. The topological polar surface area (TPSA) is 86.6 Å². The SMILES string of the molecule is Oc1cc(-c2ncc3c(N4CC5CCC4CN5)nc(OCC45CCCN4CCC5)nc3c2F)c2c(F)c(F)ccc2c1. The molecule has 5 fully saturated rings. The normalized spacial score (nSPS) is 23.3. The third-order valence-electron chi connectivity index (χ3n) is 9.79. The van der Waals surface area contributed by atoms with E-state index in [1.807, 2.05) is 0 Å². The molecule has 0 radical (unpaired) electrons. The molecule has 0 amide bonds. The average molecular weight is 577 g/mol. The van der Waals surface area contributed by atoms with Crippen molar-refractivity contribution < 1.29 is 23.0 Å². The molecular formula is C31H31F3N6O2. The minimum Gasteiger partial charge on any atom is -0.508 e. The predicted octanol–water partition coefficient (Wildman–Crippen LogP) is 4.92. The van der Waals surface area contributed by atoms with Gasteiger partial charge in [0.2, 0.25) is 0 Å². The summed E-state index contributed by atoms with van der Waals surface area (Å²) in [7, 11) is 0. The quantitative estimate of drug-likeness (QED) is 0.347. The van der Waals surface area contributed by atoms with E-state index >= 15 is 8.78 Å². The molecule has 42 heavy (non-hydrogen) atoms. The number of hydrogen-bond donors (Lipinski definition) is 2. The van der Waals surface area contributed by atoms with Gasteiger partial charge in [0.25, 0.3) is 0 Å². The minimum atomic E-state index is -1.13. The number of phenols is 1. The highest BCUT2D eigenvalue weighted by Gasteiger charge is 2.45. The maximum Gasteiger partial charge on any atom is 0.319 e. The van der Waals surface area contributed by atoms with Crippen molar-refractivity contribution in [2.75, 3.05) is 37.7 Å². The van der Waals surface area contributed by atoms with Crippen molar-refractivity contribution in [2.24, 2.45) is 0 Å². The molecule has 0 saturated carbocycles. The Kier molecular flexibility index (Phi) is 5.98. The maximum absolute atomic E-state index is 16.6. The summed E-state index contributed by atoms with van der Waals surface area (Å²) < 4.78 is 52.2. The molecule has 5 aliphatic rings. The number of halogens is 3. The largest absolute Gasteiger partial charge is 0.508 e. The molecule has 218 valence electrons. The van der Waals surface area contributed by atoms with Crippen LogP contribution in [0.3, 0.4) is 0 Å². The number of anilines is 1. The number of nitrogens with zero attached hydrogens (tertiary/aromatic N) is 5. The smallest absolute Gasteiger partial charge is 0.319 e. The van der Waals surface area contributed by atoms with Gasteiger partial charge in [0, 0.05) is 42.3 Å². The van der Waals surface area contributed by atoms with Crippen LogP contribution in [0.2, 0.25) is 0 Å². The number of nitrogens with one attached hydrogen (secondary N) is 1. The van der Waals surface area contributed by atoms with Crippen molar-refractivity contribution in [1.29, 1.82) is 0 Å². The van der Waals surface area contributed by atoms with Gasteiger partial charge in [-0.3, -0.25) is 9.88 Å². The van der Waals surface area contributed by atoms with Gasteiger partial charge in [0.15, 0.2) is 17.5 Å². The lowest BCUT2D eigenvalue weighted by Gasteiger charge is -2.46. The number of aromatic hydroxyl groups is 1. The molecule has 2 aromatic heterocycles. The van der Waals surface area contributed by atoms with Gasteiger partial charge in [-0.05, 0) is 75.2 Å². The summed E-state index contributed by atoms with van der Waals surface area (Å²) in [5.41, 5.74) is -0.343. The minimum absolute atomic E-state index is 0.00471. The van der Waals surface area contributed by atoms with E-state index in [9.17, 15) is 9.50 Å². The fraction of sp³-hybridized carbons (Fsp3) is 0.452. The lowest BCUT2D eigenvalue weighted by atomic mass is 9.93. The van der Waals surface area contributed by atoms with Gasteiger partial charge in [-0.1, -0.05) is 6.07 Å². The fourth-order valence-corrected chi connectivity index (χ4v) is 7.69. The van der Waals surface area contributed by atoms with Gasteiger partial charge in [0.1, 0.15) is 29.4 Å². The lowest BCUT2D eigenvalue weighted by Crippen LogP contribution is -2.61. The summed E-state index contributed by atoms with van der Waals surface area (Å²) >= 11 is 0. The van der Waals surface area contributed by atoms with Gasteiger partial charge >= 0.3 is 6.01 Å². The van der Waals surface area contributed by atoms with Gasteiger partial charge in [0.05, 0.1) is 10.9 Å². The van der Waals surface area contributed by atoms with E-state index in [0.29, 0.717) is 23.9 Å². The highest BCUT2D eigenvalue weighted by Crippen LogP contribution is 2.41. The van der Waals surface area contributed by atoms with Crippen molar-refractivity contribution >= 4 is 27.5 Å². The maximum atomic E-state index is 16.6. The van der Waals surface area contributed by atoms with E-state index in [4.69, 9.17) is 9.72 Å². The molecule has 7 heterocycles. The number of fused-ring (bicyclic) bond motifs is 6. The van der Waals surface area contributed by atoms with E-state index in [1.54, 1.807) is 0 Å². The van der Waals surface area contributed by atoms with Crippen LogP contribution in [0.4, 0.5) is 19.0 Å². The van der Waals surface area contributed by atoms with E-state index < -0.39 is 17.5 Å². The molecule has 2 N–H and O–H groups in total. The van der Waals surface area contributed by atoms with Crippen molar-refractivity contribution in [3.63, 3.8) is 0 Å². The van der Waals surface area contributed by atoms with Crippen LogP contribution in [0.25, 0.3) is 32.9 Å². The van der Waals surface area contributed by atoms with E-state index in [1.165, 1.54) is 24.4 Å². The Labute approximate surface area is 240 Å². The third-order valence-corrected chi connectivity index (χ3v) is 9.79. The second-order valence-corrected chi connectivity index (χ2v) is 12.2. The van der Waals surface area contributed by atoms with Crippen molar-refractivity contribution in [2.45, 2.75) is 56.1 Å². The van der Waals surface area contributed by atoms with Crippen LogP contribution in [0.5, 0.6) is 11.8 Å². The Morgan fingerprint density at radius 2 is 1.88 bits per heavy atom. The van der Waals surface area contributed by atoms with Gasteiger partial charge in [-0.25, -0.2) is 13.2 Å². The van der Waals surface area contributed by atoms with E-state index in [-0.39, 0.29) is 50.9 Å². The van der Waals surface area contributed by atoms with Crippen LogP contribution in [0, 0.1) is 17.5 Å². The molecule has 2 unspecified atom stereocenters. The summed E-state index contributed by atoms with van der Waals surface area (Å²) in [6.07, 6.45) is 7.88. The highest BCUT2D eigenvalue weighted by molar-refractivity contribution is 6.00. The van der Waals surface area contributed by atoms with Crippen molar-refractivity contribution in [1.82, 2.24) is 25.2 Å². The van der Waals surface area contributed by atoms with Gasteiger partial charge in [-0.2, -0.15) is 9.97 Å². The number of rotatable bonds is 5. The summed E-state index contributed by atoms with van der Waals surface area (Å²) in [5, 5.41) is 14.4. The van der Waals surface area contributed by atoms with Crippen LogP contribution < -0.4 is 15.0 Å². The molecule has 9 rings (SSSR count). The molecule has 0 spiro atoms. The first-order valence-corrected chi connectivity index (χ1v) is 14.8. The zero-order valence-corrected chi connectivity index (χ0v) is 23.0. The monoisotopic (exact) mass is 576 g/mol. The zero-order valence-electron chi connectivity index (χ0n) is 23.0. The summed E-state index contributed by atoms with van der Waals surface area (Å²) in [6, 6.07) is 5.41. The first-order valence-electron chi connectivity index (χ1n) is 14.8. The molecule has 4 aromatic rings. The molecular weight excluding hydrogens is 545 g/mol. The van der Waals surface area contributed by atoms with Crippen molar-refractivity contribution in [3.05, 3.63) is 47.9 Å². The van der Waals surface area contributed by atoms with Crippen LogP contribution >= 0.6 is 0 Å². The molecule has 2 atom stereocenters. The molecule has 2 aromatic carbocycles. The number of phenolic OH excluding ortho intramolecular Hbond substituents is 1. The molecule has 0 aliphatic carbocycles. The number of pyridine rings is 1. The number of benzene rings is 2. The first-order chi connectivity index (χ1) is 20.4.